The molecule has 0 spiro atoms. The average Bonchev–Trinajstić information content (AvgIpc) is 3.39. The van der Waals surface area contributed by atoms with Crippen LogP contribution in [0.2, 0.25) is 0 Å². The highest BCUT2D eigenvalue weighted by molar-refractivity contribution is 5.93. The molecule has 0 bridgehead atoms. The smallest absolute Gasteiger partial charge is 0.414 e. The van der Waals surface area contributed by atoms with E-state index in [0.717, 1.165) is 38.5 Å². The van der Waals surface area contributed by atoms with Crippen molar-refractivity contribution < 1.29 is 28.0 Å². The van der Waals surface area contributed by atoms with Gasteiger partial charge in [0, 0.05) is 25.5 Å². The lowest BCUT2D eigenvalue weighted by atomic mass is 9.89. The van der Waals surface area contributed by atoms with Crippen molar-refractivity contribution in [2.45, 2.75) is 63.8 Å². The molecule has 3 amide bonds. The number of ether oxygens (including phenoxy) is 1. The molecular formula is C23H28FN5O5. The van der Waals surface area contributed by atoms with Crippen molar-refractivity contribution in [1.82, 2.24) is 15.5 Å². The van der Waals surface area contributed by atoms with Crippen LogP contribution in [0.1, 0.15) is 63.6 Å². The van der Waals surface area contributed by atoms with Gasteiger partial charge in [-0.05, 0) is 31.0 Å². The molecule has 1 aromatic heterocycles. The van der Waals surface area contributed by atoms with Crippen LogP contribution in [-0.2, 0) is 26.3 Å². The zero-order valence-corrected chi connectivity index (χ0v) is 19.1. The first-order chi connectivity index (χ1) is 16.4. The van der Waals surface area contributed by atoms with Crippen LogP contribution in [0.4, 0.5) is 20.6 Å². The quantitative estimate of drug-likeness (QED) is 0.590. The Morgan fingerprint density at radius 2 is 1.97 bits per heavy atom. The van der Waals surface area contributed by atoms with Crippen molar-refractivity contribution in [2.24, 2.45) is 0 Å². The first-order valence-electron chi connectivity index (χ1n) is 11.5. The third kappa shape index (κ3) is 5.35. The summed E-state index contributed by atoms with van der Waals surface area (Å²) in [6.07, 6.45) is 5.17. The molecule has 1 aliphatic carbocycles. The molecular weight excluding hydrogens is 445 g/mol. The minimum absolute atomic E-state index is 0.00973. The number of aryl methyl sites for hydroxylation is 1. The molecule has 0 atom stereocenters. The van der Waals surface area contributed by atoms with Crippen LogP contribution in [0.25, 0.3) is 0 Å². The van der Waals surface area contributed by atoms with E-state index in [1.54, 1.807) is 0 Å². The lowest BCUT2D eigenvalue weighted by molar-refractivity contribution is -0.121. The maximum absolute atomic E-state index is 14.2. The number of hydrogen-bond donors (Lipinski definition) is 2. The molecule has 1 aliphatic heterocycles. The van der Waals surface area contributed by atoms with Crippen molar-refractivity contribution in [3.05, 3.63) is 35.7 Å². The molecule has 1 aromatic carbocycles. The number of aromatic nitrogens is 2. The third-order valence-electron chi connectivity index (χ3n) is 6.13. The van der Waals surface area contributed by atoms with Gasteiger partial charge in [-0.15, -0.1) is 0 Å². The molecule has 2 aliphatic rings. The number of carbonyl (C=O) groups is 3. The highest BCUT2D eigenvalue weighted by Gasteiger charge is 2.38. The molecule has 10 nitrogen and oxygen atoms in total. The molecule has 2 N–H and O–H groups in total. The van der Waals surface area contributed by atoms with Gasteiger partial charge in [-0.3, -0.25) is 14.5 Å². The Hall–Kier alpha value is -3.50. The van der Waals surface area contributed by atoms with E-state index in [-0.39, 0.29) is 36.9 Å². The van der Waals surface area contributed by atoms with Gasteiger partial charge in [0.2, 0.25) is 17.7 Å². The Kier molecular flexibility index (Phi) is 7.09. The Labute approximate surface area is 196 Å². The number of nitrogens with zero attached hydrogens (tertiary/aromatic N) is 3. The lowest BCUT2D eigenvalue weighted by Gasteiger charge is -2.30. The number of nitrogens with one attached hydrogen (secondary N) is 2. The SMILES string of the molecule is CC(=O)NC1(c2noc(CCC(=O)Nc3cc(N4CCOC4=O)ccc3F)n2)CCCCCC1. The summed E-state index contributed by atoms with van der Waals surface area (Å²) in [7, 11) is 0. The van der Waals surface area contributed by atoms with Gasteiger partial charge in [0.1, 0.15) is 18.0 Å². The first-order valence-corrected chi connectivity index (χ1v) is 11.5. The maximum Gasteiger partial charge on any atom is 0.414 e. The van der Waals surface area contributed by atoms with Crippen LogP contribution in [0.3, 0.4) is 0 Å². The Morgan fingerprint density at radius 1 is 1.21 bits per heavy atom. The Bertz CT molecular complexity index is 1060. The number of cyclic esters (lactones) is 1. The maximum atomic E-state index is 14.2. The number of rotatable bonds is 7. The van der Waals surface area contributed by atoms with Gasteiger partial charge in [0.05, 0.1) is 12.2 Å². The van der Waals surface area contributed by atoms with E-state index < -0.39 is 23.4 Å². The molecule has 34 heavy (non-hydrogen) atoms. The van der Waals surface area contributed by atoms with E-state index in [9.17, 15) is 18.8 Å². The minimum atomic E-state index is -0.660. The van der Waals surface area contributed by atoms with Crippen molar-refractivity contribution in [3.63, 3.8) is 0 Å². The molecule has 11 heteroatoms. The average molecular weight is 474 g/mol. The number of carbonyl (C=O) groups excluding carboxylic acids is 3. The summed E-state index contributed by atoms with van der Waals surface area (Å²) in [6, 6.07) is 4.04. The van der Waals surface area contributed by atoms with Gasteiger partial charge in [0.25, 0.3) is 0 Å². The van der Waals surface area contributed by atoms with E-state index >= 15 is 0 Å². The van der Waals surface area contributed by atoms with E-state index in [2.05, 4.69) is 20.8 Å². The molecule has 1 saturated carbocycles. The van der Waals surface area contributed by atoms with Crippen LogP contribution in [0.5, 0.6) is 0 Å². The van der Waals surface area contributed by atoms with E-state index in [0.29, 0.717) is 18.1 Å². The fraction of sp³-hybridized carbons (Fsp3) is 0.522. The van der Waals surface area contributed by atoms with Gasteiger partial charge in [-0.2, -0.15) is 4.98 Å². The monoisotopic (exact) mass is 473 g/mol. The number of anilines is 2. The Balaban J connectivity index is 1.39. The molecule has 0 radical (unpaired) electrons. The summed E-state index contributed by atoms with van der Waals surface area (Å²) in [6.45, 7) is 2.09. The van der Waals surface area contributed by atoms with Gasteiger partial charge in [-0.1, -0.05) is 30.8 Å². The summed E-state index contributed by atoms with van der Waals surface area (Å²) in [5, 5.41) is 9.65. The molecule has 182 valence electrons. The van der Waals surface area contributed by atoms with Crippen molar-refractivity contribution >= 4 is 29.3 Å². The number of halogens is 1. The predicted octanol–water partition coefficient (Wildman–Crippen LogP) is 3.42. The molecule has 2 aromatic rings. The zero-order chi connectivity index (χ0) is 24.1. The van der Waals surface area contributed by atoms with Gasteiger partial charge in [0.15, 0.2) is 5.82 Å². The largest absolute Gasteiger partial charge is 0.447 e. The van der Waals surface area contributed by atoms with Crippen LogP contribution >= 0.6 is 0 Å². The zero-order valence-electron chi connectivity index (χ0n) is 19.1. The van der Waals surface area contributed by atoms with Crippen molar-refractivity contribution in [1.29, 1.82) is 0 Å². The fourth-order valence-corrected chi connectivity index (χ4v) is 4.46. The summed E-state index contributed by atoms with van der Waals surface area (Å²) in [5.41, 5.74) is -0.254. The lowest BCUT2D eigenvalue weighted by Crippen LogP contribution is -2.45. The summed E-state index contributed by atoms with van der Waals surface area (Å²) in [5.74, 6) is -0.510. The summed E-state index contributed by atoms with van der Waals surface area (Å²) < 4.78 is 24.5. The minimum Gasteiger partial charge on any atom is -0.447 e. The van der Waals surface area contributed by atoms with Crippen molar-refractivity contribution in [2.75, 3.05) is 23.4 Å². The molecule has 2 fully saturated rings. The van der Waals surface area contributed by atoms with E-state index in [4.69, 9.17) is 9.26 Å². The molecule has 0 unspecified atom stereocenters. The summed E-state index contributed by atoms with van der Waals surface area (Å²) >= 11 is 0. The first kappa shape index (κ1) is 23.7. The normalized spacial score (nSPS) is 17.7. The van der Waals surface area contributed by atoms with Crippen LogP contribution < -0.4 is 15.5 Å². The highest BCUT2D eigenvalue weighted by atomic mass is 19.1. The predicted molar refractivity (Wildman–Crippen MR) is 120 cm³/mol. The second kappa shape index (κ2) is 10.2. The number of amides is 3. The standard InChI is InChI=1S/C23H28FN5O5/c1-15(30)27-23(10-4-2-3-5-11-23)21-26-20(34-28-21)9-8-19(31)25-18-14-16(6-7-17(18)24)29-12-13-33-22(29)32/h6-7,14H,2-5,8-13H2,1H3,(H,25,31)(H,27,30). The molecule has 1 saturated heterocycles. The fourth-order valence-electron chi connectivity index (χ4n) is 4.46. The van der Waals surface area contributed by atoms with Crippen molar-refractivity contribution in [3.8, 4) is 0 Å². The third-order valence-corrected chi connectivity index (χ3v) is 6.13. The van der Waals surface area contributed by atoms with Gasteiger partial charge < -0.3 is 19.9 Å². The Morgan fingerprint density at radius 3 is 2.65 bits per heavy atom. The van der Waals surface area contributed by atoms with Gasteiger partial charge in [-0.25, -0.2) is 9.18 Å². The van der Waals surface area contributed by atoms with Crippen LogP contribution in [-0.4, -0.2) is 41.2 Å². The topological polar surface area (TPSA) is 127 Å². The molecule has 2 heterocycles. The van der Waals surface area contributed by atoms with E-state index in [1.807, 2.05) is 0 Å². The summed E-state index contributed by atoms with van der Waals surface area (Å²) in [4.78, 5) is 41.9. The second-order valence-electron chi connectivity index (χ2n) is 8.67. The number of benzene rings is 1. The number of hydrogen-bond acceptors (Lipinski definition) is 7. The second-order valence-corrected chi connectivity index (χ2v) is 8.67. The van der Waals surface area contributed by atoms with E-state index in [1.165, 1.54) is 30.0 Å². The molecule has 4 rings (SSSR count). The highest BCUT2D eigenvalue weighted by Crippen LogP contribution is 2.34. The van der Waals surface area contributed by atoms with Gasteiger partial charge >= 0.3 is 6.09 Å². The van der Waals surface area contributed by atoms with Crippen LogP contribution in [0.15, 0.2) is 22.7 Å². The van der Waals surface area contributed by atoms with Crippen LogP contribution in [0, 0.1) is 5.82 Å².